The van der Waals surface area contributed by atoms with Crippen LogP contribution in [0.5, 0.6) is 0 Å². The van der Waals surface area contributed by atoms with E-state index in [1.54, 1.807) is 18.3 Å². The third kappa shape index (κ3) is 2.89. The van der Waals surface area contributed by atoms with Gasteiger partial charge in [0, 0.05) is 35.3 Å². The summed E-state index contributed by atoms with van der Waals surface area (Å²) in [4.78, 5) is 8.44. The number of rotatable bonds is 3. The van der Waals surface area contributed by atoms with Crippen molar-refractivity contribution in [2.24, 2.45) is 0 Å². The van der Waals surface area contributed by atoms with Crippen molar-refractivity contribution < 1.29 is 13.2 Å². The minimum absolute atomic E-state index is 0.0425. The van der Waals surface area contributed by atoms with Gasteiger partial charge in [-0.1, -0.05) is 11.6 Å². The van der Waals surface area contributed by atoms with Crippen LogP contribution in [-0.4, -0.2) is 16.0 Å². The molecule has 0 spiro atoms. The summed E-state index contributed by atoms with van der Waals surface area (Å²) in [6.45, 7) is 3.69. The van der Waals surface area contributed by atoms with Crippen molar-refractivity contribution in [2.45, 2.75) is 19.9 Å². The first-order valence-electron chi connectivity index (χ1n) is 7.24. The molecule has 2 heterocycles. The Morgan fingerprint density at radius 3 is 2.38 bits per heavy atom. The molecule has 124 valence electrons. The Balaban J connectivity index is 2.39. The van der Waals surface area contributed by atoms with E-state index in [1.165, 1.54) is 0 Å². The van der Waals surface area contributed by atoms with Gasteiger partial charge in [0.05, 0.1) is 10.6 Å². The van der Waals surface area contributed by atoms with Gasteiger partial charge in [-0.3, -0.25) is 0 Å². The Morgan fingerprint density at radius 2 is 1.75 bits per heavy atom. The Hall–Kier alpha value is -2.34. The number of aromatic nitrogens is 2. The highest BCUT2D eigenvalue weighted by atomic mass is 35.5. The molecule has 7 heteroatoms. The number of fused-ring (bicyclic) bond motifs is 1. The molecule has 1 aromatic carbocycles. The van der Waals surface area contributed by atoms with Crippen molar-refractivity contribution in [3.8, 4) is 11.1 Å². The second-order valence-corrected chi connectivity index (χ2v) is 5.95. The number of nitrogens with zero attached hydrogens (tertiary/aromatic N) is 2. The second kappa shape index (κ2) is 6.28. The maximum atomic E-state index is 14.3. The number of pyridine rings is 2. The fourth-order valence-corrected chi connectivity index (χ4v) is 2.78. The molecule has 0 unspecified atom stereocenters. The van der Waals surface area contributed by atoms with Gasteiger partial charge < -0.3 is 5.32 Å². The molecule has 3 rings (SSSR count). The number of hydrogen-bond donors (Lipinski definition) is 1. The molecule has 0 saturated carbocycles. The summed E-state index contributed by atoms with van der Waals surface area (Å²) in [6.07, 6.45) is 1.55. The molecule has 3 nitrogen and oxygen atoms in total. The first-order chi connectivity index (χ1) is 11.4. The highest BCUT2D eigenvalue weighted by molar-refractivity contribution is 6.38. The summed E-state index contributed by atoms with van der Waals surface area (Å²) in [5.74, 6) is -2.92. The first-order valence-corrected chi connectivity index (χ1v) is 7.62. The van der Waals surface area contributed by atoms with E-state index in [0.717, 1.165) is 0 Å². The van der Waals surface area contributed by atoms with Crippen LogP contribution >= 0.6 is 11.6 Å². The third-order valence-corrected chi connectivity index (χ3v) is 3.77. The average Bonchev–Trinajstić information content (AvgIpc) is 2.49. The fraction of sp³-hybridized carbons (Fsp3) is 0.176. The van der Waals surface area contributed by atoms with E-state index in [9.17, 15) is 13.2 Å². The highest BCUT2D eigenvalue weighted by Crippen LogP contribution is 2.40. The molecule has 24 heavy (non-hydrogen) atoms. The van der Waals surface area contributed by atoms with Crippen molar-refractivity contribution >= 4 is 28.5 Å². The Morgan fingerprint density at radius 1 is 1.08 bits per heavy atom. The van der Waals surface area contributed by atoms with Gasteiger partial charge in [0.25, 0.3) is 0 Å². The number of nitrogens with one attached hydrogen (secondary N) is 1. The standard InChI is InChI=1S/C17H13ClF3N3/c1-8(2)23-17-14(13-11(20)6-9(19)7-12(13)21)15(18)10-4-3-5-22-16(10)24-17/h3-8H,1-2H3,(H,22,23,24). The van der Waals surface area contributed by atoms with Crippen molar-refractivity contribution in [1.29, 1.82) is 0 Å². The van der Waals surface area contributed by atoms with Gasteiger partial charge in [-0.05, 0) is 26.0 Å². The maximum absolute atomic E-state index is 14.3. The van der Waals surface area contributed by atoms with Gasteiger partial charge in [-0.2, -0.15) is 0 Å². The molecule has 0 aliphatic heterocycles. The average molecular weight is 352 g/mol. The minimum atomic E-state index is -1.05. The quantitative estimate of drug-likeness (QED) is 0.705. The zero-order valence-electron chi connectivity index (χ0n) is 12.9. The molecule has 0 atom stereocenters. The first kappa shape index (κ1) is 16.5. The molecule has 1 N–H and O–H groups in total. The molecule has 0 bridgehead atoms. The molecular weight excluding hydrogens is 339 g/mol. The number of anilines is 1. The lowest BCUT2D eigenvalue weighted by atomic mass is 10.0. The summed E-state index contributed by atoms with van der Waals surface area (Å²) < 4.78 is 41.8. The van der Waals surface area contributed by atoms with Gasteiger partial charge in [-0.15, -0.1) is 0 Å². The zero-order chi connectivity index (χ0) is 17.4. The predicted molar refractivity (Wildman–Crippen MR) is 88.6 cm³/mol. The second-order valence-electron chi connectivity index (χ2n) is 5.57. The molecule has 3 aromatic rings. The molecule has 0 aliphatic carbocycles. The minimum Gasteiger partial charge on any atom is -0.367 e. The van der Waals surface area contributed by atoms with Crippen LogP contribution in [0.1, 0.15) is 13.8 Å². The lowest BCUT2D eigenvalue weighted by molar-refractivity contribution is 0.548. The smallest absolute Gasteiger partial charge is 0.163 e. The summed E-state index contributed by atoms with van der Waals surface area (Å²) in [5, 5.41) is 3.56. The summed E-state index contributed by atoms with van der Waals surface area (Å²) in [5.41, 5.74) is -0.0407. The van der Waals surface area contributed by atoms with E-state index in [0.29, 0.717) is 23.2 Å². The van der Waals surface area contributed by atoms with Gasteiger partial charge in [-0.25, -0.2) is 23.1 Å². The topological polar surface area (TPSA) is 37.8 Å². The summed E-state index contributed by atoms with van der Waals surface area (Å²) in [7, 11) is 0. The number of halogens is 4. The van der Waals surface area contributed by atoms with Crippen LogP contribution in [-0.2, 0) is 0 Å². The van der Waals surface area contributed by atoms with E-state index in [4.69, 9.17) is 11.6 Å². The van der Waals surface area contributed by atoms with Crippen molar-refractivity contribution in [1.82, 2.24) is 9.97 Å². The maximum Gasteiger partial charge on any atom is 0.163 e. The predicted octanol–water partition coefficient (Wildman–Crippen LogP) is 5.19. The van der Waals surface area contributed by atoms with Crippen LogP contribution in [0.4, 0.5) is 19.0 Å². The van der Waals surface area contributed by atoms with Crippen molar-refractivity contribution in [3.63, 3.8) is 0 Å². The van der Waals surface area contributed by atoms with Crippen LogP contribution in [0.15, 0.2) is 30.5 Å². The normalized spacial score (nSPS) is 11.3. The third-order valence-electron chi connectivity index (χ3n) is 3.38. The van der Waals surface area contributed by atoms with Crippen LogP contribution in [0.3, 0.4) is 0 Å². The molecule has 0 fully saturated rings. The van der Waals surface area contributed by atoms with Crippen LogP contribution in [0.25, 0.3) is 22.2 Å². The van der Waals surface area contributed by atoms with Crippen LogP contribution in [0, 0.1) is 17.5 Å². The van der Waals surface area contributed by atoms with E-state index < -0.39 is 23.0 Å². The summed E-state index contributed by atoms with van der Waals surface area (Å²) >= 11 is 6.40. The molecule has 0 radical (unpaired) electrons. The Kier molecular flexibility index (Phi) is 4.32. The zero-order valence-corrected chi connectivity index (χ0v) is 13.6. The van der Waals surface area contributed by atoms with E-state index in [-0.39, 0.29) is 22.4 Å². The van der Waals surface area contributed by atoms with Crippen LogP contribution < -0.4 is 5.32 Å². The number of benzene rings is 1. The van der Waals surface area contributed by atoms with E-state index in [2.05, 4.69) is 15.3 Å². The van der Waals surface area contributed by atoms with Gasteiger partial charge in [0.2, 0.25) is 0 Å². The SMILES string of the molecule is CC(C)Nc1nc2ncccc2c(Cl)c1-c1c(F)cc(F)cc1F. The molecule has 0 amide bonds. The van der Waals surface area contributed by atoms with E-state index in [1.807, 2.05) is 13.8 Å². The Labute approximate surface area is 141 Å². The number of hydrogen-bond acceptors (Lipinski definition) is 3. The monoisotopic (exact) mass is 351 g/mol. The van der Waals surface area contributed by atoms with Crippen LogP contribution in [0.2, 0.25) is 5.02 Å². The molecule has 2 aromatic heterocycles. The molecule has 0 aliphatic rings. The lowest BCUT2D eigenvalue weighted by Crippen LogP contribution is -2.13. The van der Waals surface area contributed by atoms with Crippen molar-refractivity contribution in [2.75, 3.05) is 5.32 Å². The molecular formula is C17H13ClF3N3. The van der Waals surface area contributed by atoms with Gasteiger partial charge >= 0.3 is 0 Å². The highest BCUT2D eigenvalue weighted by Gasteiger charge is 2.23. The van der Waals surface area contributed by atoms with E-state index >= 15 is 0 Å². The fourth-order valence-electron chi connectivity index (χ4n) is 2.44. The molecule has 0 saturated heterocycles. The Bertz CT molecular complexity index is 905. The summed E-state index contributed by atoms with van der Waals surface area (Å²) in [6, 6.07) is 4.45. The van der Waals surface area contributed by atoms with Gasteiger partial charge in [0.15, 0.2) is 5.65 Å². The van der Waals surface area contributed by atoms with Gasteiger partial charge in [0.1, 0.15) is 23.3 Å². The lowest BCUT2D eigenvalue weighted by Gasteiger charge is -2.17. The largest absolute Gasteiger partial charge is 0.367 e. The van der Waals surface area contributed by atoms with Crippen molar-refractivity contribution in [3.05, 3.63) is 52.9 Å².